The molecule has 0 spiro atoms. The molecule has 0 saturated carbocycles. The van der Waals surface area contributed by atoms with Crippen molar-refractivity contribution in [3.05, 3.63) is 79.0 Å². The van der Waals surface area contributed by atoms with E-state index in [1.165, 1.54) is 6.33 Å². The van der Waals surface area contributed by atoms with Gasteiger partial charge in [0.1, 0.15) is 12.4 Å². The number of aromatic nitrogens is 4. The van der Waals surface area contributed by atoms with Gasteiger partial charge in [0.15, 0.2) is 0 Å². The first-order valence-electron chi connectivity index (χ1n) is 8.47. The van der Waals surface area contributed by atoms with Crippen molar-refractivity contribution >= 4 is 16.8 Å². The third-order valence-corrected chi connectivity index (χ3v) is 4.47. The predicted molar refractivity (Wildman–Crippen MR) is 99.9 cm³/mol. The fraction of sp³-hybridized carbons (Fsp3) is 0.100. The minimum Gasteiger partial charge on any atom is -0.289 e. The average molecular weight is 359 g/mol. The number of carbonyl (C=O) groups excluding carboxylic acids is 1. The maximum absolute atomic E-state index is 12.4. The second-order valence-corrected chi connectivity index (χ2v) is 6.17. The van der Waals surface area contributed by atoms with Crippen LogP contribution >= 0.6 is 0 Å². The lowest BCUT2D eigenvalue weighted by Gasteiger charge is -2.17. The zero-order valence-corrected chi connectivity index (χ0v) is 14.4. The third-order valence-electron chi connectivity index (χ3n) is 4.47. The van der Waals surface area contributed by atoms with Crippen molar-refractivity contribution < 1.29 is 10.0 Å². The Hall–Kier alpha value is -3.58. The number of hydrogen-bond donors (Lipinski definition) is 2. The molecule has 0 aliphatic heterocycles. The van der Waals surface area contributed by atoms with Gasteiger partial charge in [0, 0.05) is 29.8 Å². The van der Waals surface area contributed by atoms with Crippen LogP contribution in [0, 0.1) is 0 Å². The van der Waals surface area contributed by atoms with Crippen molar-refractivity contribution in [2.75, 3.05) is 0 Å². The summed E-state index contributed by atoms with van der Waals surface area (Å²) < 4.78 is 1.64. The monoisotopic (exact) mass is 359 g/mol. The van der Waals surface area contributed by atoms with E-state index in [0.717, 1.165) is 27.6 Å². The molecule has 0 bridgehead atoms. The maximum atomic E-state index is 12.4. The van der Waals surface area contributed by atoms with Crippen molar-refractivity contribution in [1.82, 2.24) is 25.2 Å². The molecule has 27 heavy (non-hydrogen) atoms. The normalized spacial score (nSPS) is 12.0. The van der Waals surface area contributed by atoms with Crippen molar-refractivity contribution in [3.63, 3.8) is 0 Å². The Labute approximate surface area is 155 Å². The average Bonchev–Trinajstić information content (AvgIpc) is 3.16. The highest BCUT2D eigenvalue weighted by Crippen LogP contribution is 2.26. The number of fused-ring (bicyclic) bond motifs is 1. The van der Waals surface area contributed by atoms with Gasteiger partial charge in [0.25, 0.3) is 5.91 Å². The van der Waals surface area contributed by atoms with Crippen molar-refractivity contribution in [2.24, 2.45) is 0 Å². The Morgan fingerprint density at radius 3 is 2.56 bits per heavy atom. The van der Waals surface area contributed by atoms with Crippen LogP contribution in [0.2, 0.25) is 0 Å². The summed E-state index contributed by atoms with van der Waals surface area (Å²) in [6, 6.07) is 14.8. The van der Waals surface area contributed by atoms with Crippen LogP contribution in [0.5, 0.6) is 0 Å². The van der Waals surface area contributed by atoms with E-state index in [1.54, 1.807) is 28.8 Å². The molecule has 0 aliphatic rings. The molecule has 0 saturated heterocycles. The number of hydroxylamine groups is 1. The molecule has 0 fully saturated rings. The number of nitrogens with zero attached hydrogens (tertiary/aromatic N) is 4. The molecule has 134 valence electrons. The molecule has 0 aliphatic carbocycles. The summed E-state index contributed by atoms with van der Waals surface area (Å²) in [6.45, 7) is 0. The quantitative estimate of drug-likeness (QED) is 0.422. The topological polar surface area (TPSA) is 92.9 Å². The first-order valence-corrected chi connectivity index (χ1v) is 8.47. The van der Waals surface area contributed by atoms with Crippen LogP contribution in [-0.4, -0.2) is 30.9 Å². The highest BCUT2D eigenvalue weighted by Gasteiger charge is 2.23. The van der Waals surface area contributed by atoms with E-state index in [1.807, 2.05) is 48.5 Å². The Morgan fingerprint density at radius 1 is 1.04 bits per heavy atom. The van der Waals surface area contributed by atoms with Crippen LogP contribution in [0.25, 0.3) is 22.0 Å². The largest absolute Gasteiger partial charge is 0.289 e. The van der Waals surface area contributed by atoms with Crippen molar-refractivity contribution in [3.8, 4) is 11.1 Å². The van der Waals surface area contributed by atoms with Crippen LogP contribution < -0.4 is 5.48 Å². The van der Waals surface area contributed by atoms with Gasteiger partial charge in [-0.2, -0.15) is 5.10 Å². The van der Waals surface area contributed by atoms with E-state index in [4.69, 9.17) is 0 Å². The first-order chi connectivity index (χ1) is 13.3. The van der Waals surface area contributed by atoms with E-state index in [-0.39, 0.29) is 0 Å². The molecule has 7 heteroatoms. The molecule has 4 aromatic rings. The van der Waals surface area contributed by atoms with E-state index in [0.29, 0.717) is 6.42 Å². The number of hydrogen-bond acceptors (Lipinski definition) is 5. The number of rotatable bonds is 5. The number of nitrogens with one attached hydrogen (secondary N) is 1. The molecule has 2 heterocycles. The van der Waals surface area contributed by atoms with E-state index < -0.39 is 11.9 Å². The number of amides is 1. The number of carbonyl (C=O) groups is 1. The summed E-state index contributed by atoms with van der Waals surface area (Å²) in [5.74, 6) is -0.516. The molecular formula is C20H17N5O2. The van der Waals surface area contributed by atoms with Crippen molar-refractivity contribution in [1.29, 1.82) is 0 Å². The SMILES string of the molecule is O=C(NO)C(Cc1ccccc1)n1ncc2ccc(-c3cncnc3)cc21. The van der Waals surface area contributed by atoms with Crippen LogP contribution in [0.1, 0.15) is 11.6 Å². The zero-order chi connectivity index (χ0) is 18.6. The molecule has 4 rings (SSSR count). The summed E-state index contributed by atoms with van der Waals surface area (Å²) in [4.78, 5) is 20.5. The van der Waals surface area contributed by atoms with Crippen LogP contribution in [-0.2, 0) is 11.2 Å². The Kier molecular flexibility index (Phi) is 4.59. The fourth-order valence-corrected chi connectivity index (χ4v) is 3.12. The third kappa shape index (κ3) is 3.40. The Morgan fingerprint density at radius 2 is 1.81 bits per heavy atom. The Bertz CT molecular complexity index is 1060. The smallest absolute Gasteiger partial charge is 0.268 e. The second-order valence-electron chi connectivity index (χ2n) is 6.17. The number of benzene rings is 2. The molecule has 7 nitrogen and oxygen atoms in total. The zero-order valence-electron chi connectivity index (χ0n) is 14.4. The van der Waals surface area contributed by atoms with E-state index >= 15 is 0 Å². The molecule has 2 aromatic carbocycles. The van der Waals surface area contributed by atoms with E-state index in [2.05, 4.69) is 15.1 Å². The minimum atomic E-state index is -0.683. The maximum Gasteiger partial charge on any atom is 0.268 e. The summed E-state index contributed by atoms with van der Waals surface area (Å²) in [6.07, 6.45) is 7.06. The van der Waals surface area contributed by atoms with Gasteiger partial charge in [0.05, 0.1) is 11.7 Å². The highest BCUT2D eigenvalue weighted by atomic mass is 16.5. The Balaban J connectivity index is 1.78. The molecule has 1 atom stereocenters. The van der Waals surface area contributed by atoms with Crippen LogP contribution in [0.4, 0.5) is 0 Å². The van der Waals surface area contributed by atoms with E-state index in [9.17, 15) is 10.0 Å². The summed E-state index contributed by atoms with van der Waals surface area (Å²) in [7, 11) is 0. The molecule has 1 amide bonds. The van der Waals surface area contributed by atoms with Crippen LogP contribution in [0.15, 0.2) is 73.4 Å². The lowest BCUT2D eigenvalue weighted by atomic mass is 10.0. The standard InChI is InChI=1S/C20H17N5O2/c26-20(24-27)19(8-14-4-2-1-3-5-14)25-18-9-15(6-7-16(18)12-23-25)17-10-21-13-22-11-17/h1-7,9-13,19,27H,8H2,(H,24,26). The van der Waals surface area contributed by atoms with Gasteiger partial charge in [-0.1, -0.05) is 42.5 Å². The van der Waals surface area contributed by atoms with Gasteiger partial charge in [-0.25, -0.2) is 15.4 Å². The van der Waals surface area contributed by atoms with Gasteiger partial charge >= 0.3 is 0 Å². The molecule has 2 aromatic heterocycles. The van der Waals surface area contributed by atoms with Gasteiger partial charge in [-0.3, -0.25) is 14.7 Å². The summed E-state index contributed by atoms with van der Waals surface area (Å²) >= 11 is 0. The van der Waals surface area contributed by atoms with Gasteiger partial charge in [-0.15, -0.1) is 0 Å². The second kappa shape index (κ2) is 7.35. The molecular weight excluding hydrogens is 342 g/mol. The molecule has 2 N–H and O–H groups in total. The predicted octanol–water partition coefficient (Wildman–Crippen LogP) is 2.78. The molecule has 1 unspecified atom stereocenters. The summed E-state index contributed by atoms with van der Waals surface area (Å²) in [5.41, 5.74) is 5.33. The lowest BCUT2D eigenvalue weighted by molar-refractivity contribution is -0.132. The first kappa shape index (κ1) is 16.9. The van der Waals surface area contributed by atoms with Crippen LogP contribution in [0.3, 0.4) is 0 Å². The van der Waals surface area contributed by atoms with Gasteiger partial charge < -0.3 is 0 Å². The lowest BCUT2D eigenvalue weighted by Crippen LogP contribution is -2.32. The van der Waals surface area contributed by atoms with Gasteiger partial charge in [-0.05, 0) is 17.2 Å². The summed E-state index contributed by atoms with van der Waals surface area (Å²) in [5, 5.41) is 14.5. The molecule has 0 radical (unpaired) electrons. The minimum absolute atomic E-state index is 0.405. The van der Waals surface area contributed by atoms with Crippen molar-refractivity contribution in [2.45, 2.75) is 12.5 Å². The van der Waals surface area contributed by atoms with Gasteiger partial charge in [0.2, 0.25) is 0 Å². The highest BCUT2D eigenvalue weighted by molar-refractivity contribution is 5.87. The fourth-order valence-electron chi connectivity index (χ4n) is 3.12.